The van der Waals surface area contributed by atoms with E-state index in [1.807, 2.05) is 0 Å². The zero-order valence-corrected chi connectivity index (χ0v) is 8.51. The molecular formula is C7H9BCl2O3. The second-order valence-corrected chi connectivity index (χ2v) is 2.71. The molecule has 1 aromatic carbocycles. The normalized spacial score (nSPS) is 8.38. The predicted molar refractivity (Wildman–Crippen MR) is 54.6 cm³/mol. The molecule has 0 aliphatic rings. The van der Waals surface area contributed by atoms with Crippen molar-refractivity contribution in [2.45, 2.75) is 0 Å². The summed E-state index contributed by atoms with van der Waals surface area (Å²) in [6.07, 6.45) is 0. The van der Waals surface area contributed by atoms with Gasteiger partial charge in [0, 0.05) is 0 Å². The molecule has 0 amide bonds. The fourth-order valence-corrected chi connectivity index (χ4v) is 1.23. The fraction of sp³-hybridized carbons (Fsp3) is 0.143. The van der Waals surface area contributed by atoms with E-state index in [0.717, 1.165) is 0 Å². The maximum atomic E-state index is 7.12. The summed E-state index contributed by atoms with van der Waals surface area (Å²) in [5.41, 5.74) is 0. The number of para-hydroxylation sites is 1. The van der Waals surface area contributed by atoms with Crippen LogP contribution in [0.2, 0.25) is 10.0 Å². The standard InChI is InChI=1S/C7H6Cl2O.BH3O2/c1-10-7-5(8)3-2-4-6(7)9;2-1-3/h2-4H,1H3;1-3H. The smallest absolute Gasteiger partial charge is 0.432 e. The Morgan fingerprint density at radius 1 is 1.23 bits per heavy atom. The Kier molecular flexibility index (Phi) is 6.81. The highest BCUT2D eigenvalue weighted by Crippen LogP contribution is 2.31. The summed E-state index contributed by atoms with van der Waals surface area (Å²) in [5, 5.41) is 15.3. The Bertz CT molecular complexity index is 237. The minimum Gasteiger partial charge on any atom is -0.494 e. The van der Waals surface area contributed by atoms with E-state index in [0.29, 0.717) is 15.8 Å². The second-order valence-electron chi connectivity index (χ2n) is 1.90. The molecule has 72 valence electrons. The van der Waals surface area contributed by atoms with Crippen molar-refractivity contribution < 1.29 is 14.8 Å². The molecule has 6 heteroatoms. The van der Waals surface area contributed by atoms with Gasteiger partial charge in [0.25, 0.3) is 0 Å². The van der Waals surface area contributed by atoms with E-state index in [1.54, 1.807) is 18.2 Å². The number of rotatable bonds is 1. The Hall–Kier alpha value is -0.415. The van der Waals surface area contributed by atoms with Gasteiger partial charge in [0.1, 0.15) is 0 Å². The Morgan fingerprint density at radius 2 is 1.62 bits per heavy atom. The van der Waals surface area contributed by atoms with Gasteiger partial charge in [-0.1, -0.05) is 29.3 Å². The number of hydrogen-bond donors (Lipinski definition) is 2. The summed E-state index contributed by atoms with van der Waals surface area (Å²) in [6, 6.07) is 5.23. The van der Waals surface area contributed by atoms with Gasteiger partial charge in [-0.25, -0.2) is 0 Å². The molecule has 3 nitrogen and oxygen atoms in total. The van der Waals surface area contributed by atoms with Crippen molar-refractivity contribution in [2.75, 3.05) is 7.11 Å². The van der Waals surface area contributed by atoms with Crippen LogP contribution in [-0.2, 0) is 0 Å². The van der Waals surface area contributed by atoms with Crippen LogP contribution in [0.3, 0.4) is 0 Å². The average molecular weight is 223 g/mol. The van der Waals surface area contributed by atoms with Crippen LogP contribution in [0, 0.1) is 0 Å². The van der Waals surface area contributed by atoms with Crippen molar-refractivity contribution in [1.29, 1.82) is 0 Å². The zero-order chi connectivity index (χ0) is 10.3. The lowest BCUT2D eigenvalue weighted by molar-refractivity contribution is 0.415. The molecule has 0 aliphatic carbocycles. The zero-order valence-electron chi connectivity index (χ0n) is 7.00. The van der Waals surface area contributed by atoms with Gasteiger partial charge >= 0.3 is 7.69 Å². The third kappa shape index (κ3) is 4.38. The molecule has 13 heavy (non-hydrogen) atoms. The van der Waals surface area contributed by atoms with Gasteiger partial charge in [0.05, 0.1) is 17.2 Å². The lowest BCUT2D eigenvalue weighted by Crippen LogP contribution is -1.83. The van der Waals surface area contributed by atoms with E-state index in [4.69, 9.17) is 38.0 Å². The van der Waals surface area contributed by atoms with E-state index >= 15 is 0 Å². The lowest BCUT2D eigenvalue weighted by Gasteiger charge is -2.02. The van der Waals surface area contributed by atoms with Crippen molar-refractivity contribution in [1.82, 2.24) is 0 Å². The summed E-state index contributed by atoms with van der Waals surface area (Å²) < 4.78 is 4.91. The molecule has 0 bridgehead atoms. The van der Waals surface area contributed by atoms with Gasteiger partial charge in [-0.15, -0.1) is 0 Å². The summed E-state index contributed by atoms with van der Waals surface area (Å²) in [6.45, 7) is 0. The Morgan fingerprint density at radius 3 is 1.85 bits per heavy atom. The first-order chi connectivity index (χ1) is 6.17. The first-order valence-electron chi connectivity index (χ1n) is 3.37. The molecule has 1 rings (SSSR count). The molecule has 0 saturated carbocycles. The summed E-state index contributed by atoms with van der Waals surface area (Å²) in [4.78, 5) is 0. The molecule has 0 radical (unpaired) electrons. The van der Waals surface area contributed by atoms with Crippen molar-refractivity contribution in [2.24, 2.45) is 0 Å². The first-order valence-corrected chi connectivity index (χ1v) is 4.12. The molecule has 0 fully saturated rings. The quantitative estimate of drug-likeness (QED) is 0.704. The minimum atomic E-state index is -0.750. The highest BCUT2D eigenvalue weighted by molar-refractivity contribution is 6.37. The molecule has 0 heterocycles. The Labute approximate surface area is 87.2 Å². The molecule has 0 unspecified atom stereocenters. The van der Waals surface area contributed by atoms with E-state index in [2.05, 4.69) is 0 Å². The van der Waals surface area contributed by atoms with Crippen LogP contribution < -0.4 is 4.74 Å². The molecule has 1 aromatic rings. The van der Waals surface area contributed by atoms with E-state index in [-0.39, 0.29) is 0 Å². The summed E-state index contributed by atoms with van der Waals surface area (Å²) >= 11 is 11.4. The van der Waals surface area contributed by atoms with Gasteiger partial charge in [-0.2, -0.15) is 0 Å². The largest absolute Gasteiger partial charge is 0.494 e. The van der Waals surface area contributed by atoms with Crippen molar-refractivity contribution in [3.05, 3.63) is 28.2 Å². The van der Waals surface area contributed by atoms with Gasteiger partial charge < -0.3 is 14.8 Å². The average Bonchev–Trinajstić information content (AvgIpc) is 2.06. The molecule has 0 aliphatic heterocycles. The topological polar surface area (TPSA) is 49.7 Å². The molecule has 0 atom stereocenters. The maximum absolute atomic E-state index is 7.12. The van der Waals surface area contributed by atoms with Gasteiger partial charge in [-0.05, 0) is 12.1 Å². The van der Waals surface area contributed by atoms with Gasteiger partial charge in [-0.3, -0.25) is 0 Å². The minimum absolute atomic E-state index is 0.533. The summed E-state index contributed by atoms with van der Waals surface area (Å²) in [7, 11) is 0.785. The van der Waals surface area contributed by atoms with Crippen LogP contribution in [0.5, 0.6) is 5.75 Å². The van der Waals surface area contributed by atoms with Crippen molar-refractivity contribution in [3.63, 3.8) is 0 Å². The van der Waals surface area contributed by atoms with Crippen LogP contribution in [-0.4, -0.2) is 24.8 Å². The van der Waals surface area contributed by atoms with Crippen LogP contribution in [0.15, 0.2) is 18.2 Å². The van der Waals surface area contributed by atoms with Crippen LogP contribution in [0.4, 0.5) is 0 Å². The third-order valence-electron chi connectivity index (χ3n) is 1.12. The highest BCUT2D eigenvalue weighted by Gasteiger charge is 2.02. The van der Waals surface area contributed by atoms with Crippen LogP contribution >= 0.6 is 23.2 Å². The van der Waals surface area contributed by atoms with Gasteiger partial charge in [0.2, 0.25) is 0 Å². The molecule has 0 aromatic heterocycles. The number of benzene rings is 1. The van der Waals surface area contributed by atoms with E-state index in [9.17, 15) is 0 Å². The summed E-state index contributed by atoms with van der Waals surface area (Å²) in [5.74, 6) is 0.533. The van der Waals surface area contributed by atoms with Gasteiger partial charge in [0.15, 0.2) is 5.75 Å². The maximum Gasteiger partial charge on any atom is 0.432 e. The molecule has 0 saturated heterocycles. The van der Waals surface area contributed by atoms with E-state index < -0.39 is 7.69 Å². The van der Waals surface area contributed by atoms with E-state index in [1.165, 1.54) is 7.11 Å². The van der Waals surface area contributed by atoms with Crippen molar-refractivity contribution >= 4 is 30.9 Å². The monoisotopic (exact) mass is 222 g/mol. The lowest BCUT2D eigenvalue weighted by atomic mass is 10.3. The van der Waals surface area contributed by atoms with Crippen molar-refractivity contribution in [3.8, 4) is 5.75 Å². The second kappa shape index (κ2) is 7.03. The molecule has 0 spiro atoms. The number of ether oxygens (including phenoxy) is 1. The molecule has 2 N–H and O–H groups in total. The third-order valence-corrected chi connectivity index (χ3v) is 1.72. The highest BCUT2D eigenvalue weighted by atomic mass is 35.5. The number of hydrogen-bond acceptors (Lipinski definition) is 3. The first kappa shape index (κ1) is 12.6. The van der Waals surface area contributed by atoms with Crippen LogP contribution in [0.25, 0.3) is 0 Å². The SMILES string of the molecule is COc1c(Cl)cccc1Cl.OBO. The number of methoxy groups -OCH3 is 1. The Balaban J connectivity index is 0.000000424. The molecular weight excluding hydrogens is 214 g/mol. The number of halogens is 2. The predicted octanol–water partition coefficient (Wildman–Crippen LogP) is 1.24. The van der Waals surface area contributed by atoms with Crippen LogP contribution in [0.1, 0.15) is 0 Å². The fourth-order valence-electron chi connectivity index (χ4n) is 0.678.